The van der Waals surface area contributed by atoms with E-state index in [4.69, 9.17) is 4.74 Å². The predicted octanol–water partition coefficient (Wildman–Crippen LogP) is 0.315. The number of likely N-dealkylation sites (tertiary alicyclic amines) is 1. The quantitative estimate of drug-likeness (QED) is 0.793. The number of esters is 1. The second-order valence-electron chi connectivity index (χ2n) is 5.24. The highest BCUT2D eigenvalue weighted by atomic mass is 32.1. The number of rotatable bonds is 5. The largest absolute Gasteiger partial charge is 0.468 e. The van der Waals surface area contributed by atoms with Crippen LogP contribution in [-0.4, -0.2) is 66.2 Å². The van der Waals surface area contributed by atoms with Gasteiger partial charge in [-0.25, -0.2) is 0 Å². The first-order valence-electron chi connectivity index (χ1n) is 6.76. The molecule has 2 atom stereocenters. The van der Waals surface area contributed by atoms with Crippen LogP contribution in [0.15, 0.2) is 16.8 Å². The summed E-state index contributed by atoms with van der Waals surface area (Å²) in [6.45, 7) is 0.969. The molecule has 2 heterocycles. The highest BCUT2D eigenvalue weighted by Gasteiger charge is 2.37. The van der Waals surface area contributed by atoms with E-state index in [0.717, 1.165) is 5.56 Å². The average Bonchev–Trinajstić information content (AvgIpc) is 3.07. The van der Waals surface area contributed by atoms with Crippen LogP contribution in [0, 0.1) is 0 Å². The molecule has 1 N–H and O–H groups in total. The molecule has 1 aromatic rings. The van der Waals surface area contributed by atoms with Crippen molar-refractivity contribution in [2.24, 2.45) is 0 Å². The number of carbonyl (C=O) groups is 2. The highest BCUT2D eigenvalue weighted by Crippen LogP contribution is 2.19. The summed E-state index contributed by atoms with van der Waals surface area (Å²) in [4.78, 5) is 27.2. The number of carbonyl (C=O) groups excluding carboxylic acids is 2. The normalized spacial score (nSPS) is 22.2. The van der Waals surface area contributed by atoms with Gasteiger partial charge in [0.2, 0.25) is 5.91 Å². The number of ether oxygens (including phenoxy) is 1. The minimum atomic E-state index is -0.593. The van der Waals surface area contributed by atoms with Crippen molar-refractivity contribution in [1.82, 2.24) is 9.80 Å². The van der Waals surface area contributed by atoms with Crippen LogP contribution in [-0.2, 0) is 20.9 Å². The van der Waals surface area contributed by atoms with Gasteiger partial charge in [-0.1, -0.05) is 0 Å². The Kier molecular flexibility index (Phi) is 5.33. The smallest absolute Gasteiger partial charge is 0.323 e. The van der Waals surface area contributed by atoms with Gasteiger partial charge in [-0.2, -0.15) is 11.3 Å². The molecule has 0 aliphatic carbocycles. The lowest BCUT2D eigenvalue weighted by molar-refractivity contribution is -0.146. The fourth-order valence-corrected chi connectivity index (χ4v) is 3.13. The van der Waals surface area contributed by atoms with Gasteiger partial charge in [0.05, 0.1) is 19.8 Å². The van der Waals surface area contributed by atoms with Gasteiger partial charge in [0.25, 0.3) is 0 Å². The van der Waals surface area contributed by atoms with Crippen LogP contribution in [0.2, 0.25) is 0 Å². The third kappa shape index (κ3) is 4.03. The first kappa shape index (κ1) is 15.9. The molecular weight excluding hydrogens is 292 g/mol. The number of hydrogen-bond donors (Lipinski definition) is 1. The van der Waals surface area contributed by atoms with Crippen LogP contribution >= 0.6 is 11.3 Å². The molecule has 116 valence electrons. The fraction of sp³-hybridized carbons (Fsp3) is 0.571. The van der Waals surface area contributed by atoms with Crippen molar-refractivity contribution in [2.75, 3.05) is 27.2 Å². The number of β-amino-alcohol motifs (C(OH)–C–C–N with tert-alkyl or cyclic N) is 1. The van der Waals surface area contributed by atoms with Gasteiger partial charge in [-0.3, -0.25) is 14.5 Å². The maximum atomic E-state index is 12.2. The minimum Gasteiger partial charge on any atom is -0.468 e. The molecule has 21 heavy (non-hydrogen) atoms. The van der Waals surface area contributed by atoms with E-state index in [9.17, 15) is 14.7 Å². The minimum absolute atomic E-state index is 0.0794. The first-order valence-corrected chi connectivity index (χ1v) is 7.70. The lowest BCUT2D eigenvalue weighted by Crippen LogP contribution is -2.43. The van der Waals surface area contributed by atoms with Crippen LogP contribution in [0.4, 0.5) is 0 Å². The first-order chi connectivity index (χ1) is 10.0. The number of methoxy groups -OCH3 is 1. The van der Waals surface area contributed by atoms with E-state index in [-0.39, 0.29) is 12.5 Å². The number of amides is 1. The second kappa shape index (κ2) is 7.02. The zero-order chi connectivity index (χ0) is 15.4. The van der Waals surface area contributed by atoms with E-state index in [2.05, 4.69) is 0 Å². The topological polar surface area (TPSA) is 70.1 Å². The number of aliphatic hydroxyl groups is 1. The van der Waals surface area contributed by atoms with E-state index in [0.29, 0.717) is 19.5 Å². The zero-order valence-electron chi connectivity index (χ0n) is 12.2. The third-order valence-corrected chi connectivity index (χ3v) is 4.35. The number of thiophene rings is 1. The third-order valence-electron chi connectivity index (χ3n) is 3.62. The molecule has 0 spiro atoms. The molecule has 1 aliphatic rings. The SMILES string of the molecule is COC(=O)C1CC(O)CN1CC(=O)N(C)Cc1ccsc1. The van der Waals surface area contributed by atoms with Gasteiger partial charge >= 0.3 is 5.97 Å². The Morgan fingerprint density at radius 2 is 2.33 bits per heavy atom. The molecule has 0 aromatic carbocycles. The van der Waals surface area contributed by atoms with Crippen molar-refractivity contribution < 1.29 is 19.4 Å². The van der Waals surface area contributed by atoms with Crippen LogP contribution in [0.25, 0.3) is 0 Å². The number of hydrogen-bond acceptors (Lipinski definition) is 6. The molecule has 1 aromatic heterocycles. The summed E-state index contributed by atoms with van der Waals surface area (Å²) in [6, 6.07) is 1.44. The Morgan fingerprint density at radius 3 is 2.95 bits per heavy atom. The molecule has 0 bridgehead atoms. The summed E-state index contributed by atoms with van der Waals surface area (Å²) >= 11 is 1.59. The highest BCUT2D eigenvalue weighted by molar-refractivity contribution is 7.07. The van der Waals surface area contributed by atoms with Gasteiger partial charge in [0.15, 0.2) is 0 Å². The molecule has 1 fully saturated rings. The summed E-state index contributed by atoms with van der Waals surface area (Å²) in [5.74, 6) is -0.482. The van der Waals surface area contributed by atoms with E-state index in [1.54, 1.807) is 28.2 Å². The molecule has 7 heteroatoms. The van der Waals surface area contributed by atoms with Gasteiger partial charge in [0, 0.05) is 26.6 Å². The Hall–Kier alpha value is -1.44. The number of likely N-dealkylation sites (N-methyl/N-ethyl adjacent to an activating group) is 1. The average molecular weight is 312 g/mol. The van der Waals surface area contributed by atoms with Gasteiger partial charge in [-0.05, 0) is 22.4 Å². The van der Waals surface area contributed by atoms with Crippen molar-refractivity contribution in [3.63, 3.8) is 0 Å². The van der Waals surface area contributed by atoms with Crippen molar-refractivity contribution in [3.8, 4) is 0 Å². The molecule has 0 radical (unpaired) electrons. The summed E-state index contributed by atoms with van der Waals surface area (Å²) in [5.41, 5.74) is 1.09. The molecule has 1 amide bonds. The van der Waals surface area contributed by atoms with Crippen molar-refractivity contribution in [2.45, 2.75) is 25.1 Å². The summed E-state index contributed by atoms with van der Waals surface area (Å²) in [7, 11) is 3.05. The number of nitrogens with zero attached hydrogens (tertiary/aromatic N) is 2. The molecule has 2 rings (SSSR count). The van der Waals surface area contributed by atoms with Gasteiger partial charge < -0.3 is 14.7 Å². The Labute approximate surface area is 127 Å². The Balaban J connectivity index is 1.92. The molecule has 1 aliphatic heterocycles. The second-order valence-corrected chi connectivity index (χ2v) is 6.02. The predicted molar refractivity (Wildman–Crippen MR) is 78.8 cm³/mol. The molecule has 2 unspecified atom stereocenters. The number of aliphatic hydroxyl groups excluding tert-OH is 1. The monoisotopic (exact) mass is 312 g/mol. The van der Waals surface area contributed by atoms with E-state index in [1.165, 1.54) is 7.11 Å². The van der Waals surface area contributed by atoms with Crippen molar-refractivity contribution in [3.05, 3.63) is 22.4 Å². The molecule has 0 saturated carbocycles. The lowest BCUT2D eigenvalue weighted by atomic mass is 10.2. The van der Waals surface area contributed by atoms with E-state index in [1.807, 2.05) is 16.8 Å². The van der Waals surface area contributed by atoms with Crippen LogP contribution in [0.1, 0.15) is 12.0 Å². The van der Waals surface area contributed by atoms with Crippen LogP contribution in [0.3, 0.4) is 0 Å². The van der Waals surface area contributed by atoms with Gasteiger partial charge in [0.1, 0.15) is 6.04 Å². The van der Waals surface area contributed by atoms with Gasteiger partial charge in [-0.15, -0.1) is 0 Å². The maximum Gasteiger partial charge on any atom is 0.323 e. The Morgan fingerprint density at radius 1 is 1.57 bits per heavy atom. The standard InChI is InChI=1S/C14H20N2O4S/c1-15(6-10-3-4-21-9-10)13(18)8-16-7-11(17)5-12(16)14(19)20-2/h3-4,9,11-12,17H,5-8H2,1-2H3. The zero-order valence-corrected chi connectivity index (χ0v) is 13.0. The van der Waals surface area contributed by atoms with E-state index >= 15 is 0 Å². The van der Waals surface area contributed by atoms with Crippen molar-refractivity contribution in [1.29, 1.82) is 0 Å². The summed E-state index contributed by atoms with van der Waals surface area (Å²) in [6.07, 6.45) is -0.280. The van der Waals surface area contributed by atoms with Crippen LogP contribution in [0.5, 0.6) is 0 Å². The van der Waals surface area contributed by atoms with E-state index < -0.39 is 18.1 Å². The summed E-state index contributed by atoms with van der Waals surface area (Å²) in [5, 5.41) is 13.7. The van der Waals surface area contributed by atoms with Crippen molar-refractivity contribution >= 4 is 23.2 Å². The molecule has 6 nitrogen and oxygen atoms in total. The lowest BCUT2D eigenvalue weighted by Gasteiger charge is -2.24. The summed E-state index contributed by atoms with van der Waals surface area (Å²) < 4.78 is 4.72. The molecule has 1 saturated heterocycles. The molecular formula is C14H20N2O4S. The maximum absolute atomic E-state index is 12.2. The Bertz CT molecular complexity index is 491. The fourth-order valence-electron chi connectivity index (χ4n) is 2.47. The van der Waals surface area contributed by atoms with Crippen LogP contribution < -0.4 is 0 Å².